The molecule has 7 heteroatoms. The van der Waals surface area contributed by atoms with Crippen molar-refractivity contribution in [1.29, 1.82) is 0 Å². The number of benzene rings is 2. The summed E-state index contributed by atoms with van der Waals surface area (Å²) in [6.45, 7) is 2.18. The fourth-order valence-corrected chi connectivity index (χ4v) is 2.50. The molecule has 23 heavy (non-hydrogen) atoms. The Morgan fingerprint density at radius 1 is 1.17 bits per heavy atom. The third kappa shape index (κ3) is 5.39. The summed E-state index contributed by atoms with van der Waals surface area (Å²) in [5.41, 5.74) is 1.45. The van der Waals surface area contributed by atoms with Gasteiger partial charge in [-0.15, -0.1) is 0 Å². The maximum atomic E-state index is 11.9. The standard InChI is InChI=1S/C16H18N2O4S/c1-12-4-2-6-14(10-12)22-9-8-16(19)18-13-5-3-7-15(11-13)23(17,20)21/h2-7,10-11H,8-9H2,1H3,(H,18,19)(H2,17,20,21). The average molecular weight is 334 g/mol. The number of ether oxygens (including phenoxy) is 1. The second kappa shape index (κ2) is 7.26. The Morgan fingerprint density at radius 2 is 1.91 bits per heavy atom. The molecule has 0 aromatic heterocycles. The first-order chi connectivity index (χ1) is 10.8. The number of nitrogens with two attached hydrogens (primary N) is 1. The Bertz CT molecular complexity index is 803. The molecule has 0 saturated heterocycles. The molecule has 0 fully saturated rings. The molecule has 2 rings (SSSR count). The van der Waals surface area contributed by atoms with E-state index in [0.717, 1.165) is 5.56 Å². The van der Waals surface area contributed by atoms with Gasteiger partial charge in [-0.1, -0.05) is 18.2 Å². The lowest BCUT2D eigenvalue weighted by molar-refractivity contribution is -0.116. The second-order valence-corrected chi connectivity index (χ2v) is 6.60. The highest BCUT2D eigenvalue weighted by atomic mass is 32.2. The van der Waals surface area contributed by atoms with Crippen LogP contribution in [0.3, 0.4) is 0 Å². The maximum absolute atomic E-state index is 11.9. The van der Waals surface area contributed by atoms with Gasteiger partial charge in [0.05, 0.1) is 17.9 Å². The number of aryl methyl sites for hydroxylation is 1. The van der Waals surface area contributed by atoms with Gasteiger partial charge in [-0.3, -0.25) is 4.79 Å². The normalized spacial score (nSPS) is 11.0. The fraction of sp³-hybridized carbons (Fsp3) is 0.188. The van der Waals surface area contributed by atoms with Gasteiger partial charge in [-0.05, 0) is 42.8 Å². The molecule has 0 radical (unpaired) electrons. The minimum atomic E-state index is -3.79. The van der Waals surface area contributed by atoms with E-state index in [1.165, 1.54) is 18.2 Å². The van der Waals surface area contributed by atoms with Gasteiger partial charge in [0, 0.05) is 5.69 Å². The molecule has 2 aromatic rings. The van der Waals surface area contributed by atoms with E-state index < -0.39 is 10.0 Å². The average Bonchev–Trinajstić information content (AvgIpc) is 2.46. The third-order valence-corrected chi connectivity index (χ3v) is 3.94. The first kappa shape index (κ1) is 17.0. The number of sulfonamides is 1. The largest absolute Gasteiger partial charge is 0.493 e. The summed E-state index contributed by atoms with van der Waals surface area (Å²) in [6, 6.07) is 13.3. The van der Waals surface area contributed by atoms with Gasteiger partial charge in [-0.2, -0.15) is 0 Å². The van der Waals surface area contributed by atoms with Crippen molar-refractivity contribution in [1.82, 2.24) is 0 Å². The third-order valence-electron chi connectivity index (χ3n) is 3.03. The number of hydrogen-bond acceptors (Lipinski definition) is 4. The van der Waals surface area contributed by atoms with Crippen LogP contribution in [0.2, 0.25) is 0 Å². The topological polar surface area (TPSA) is 98.5 Å². The van der Waals surface area contributed by atoms with E-state index in [0.29, 0.717) is 11.4 Å². The molecule has 0 aliphatic heterocycles. The monoisotopic (exact) mass is 334 g/mol. The fourth-order valence-electron chi connectivity index (χ4n) is 1.94. The van der Waals surface area contributed by atoms with Gasteiger partial charge in [0.1, 0.15) is 5.75 Å². The van der Waals surface area contributed by atoms with Gasteiger partial charge in [0.2, 0.25) is 15.9 Å². The Balaban J connectivity index is 1.88. The lowest BCUT2D eigenvalue weighted by atomic mass is 10.2. The highest BCUT2D eigenvalue weighted by Gasteiger charge is 2.09. The summed E-state index contributed by atoms with van der Waals surface area (Å²) in [5, 5.41) is 7.67. The first-order valence-electron chi connectivity index (χ1n) is 6.97. The number of carbonyl (C=O) groups excluding carboxylic acids is 1. The lowest BCUT2D eigenvalue weighted by Crippen LogP contribution is -2.16. The van der Waals surface area contributed by atoms with Crippen LogP contribution in [0.15, 0.2) is 53.4 Å². The van der Waals surface area contributed by atoms with Crippen molar-refractivity contribution in [2.45, 2.75) is 18.2 Å². The number of rotatable bonds is 6. The highest BCUT2D eigenvalue weighted by Crippen LogP contribution is 2.15. The molecular weight excluding hydrogens is 316 g/mol. The summed E-state index contributed by atoms with van der Waals surface area (Å²) in [6.07, 6.45) is 0.146. The van der Waals surface area contributed by atoms with E-state index in [9.17, 15) is 13.2 Å². The Labute approximate surface area is 135 Å². The first-order valence-corrected chi connectivity index (χ1v) is 8.51. The Morgan fingerprint density at radius 3 is 2.61 bits per heavy atom. The van der Waals surface area contributed by atoms with Crippen molar-refractivity contribution in [2.75, 3.05) is 11.9 Å². The zero-order valence-corrected chi connectivity index (χ0v) is 13.5. The second-order valence-electron chi connectivity index (χ2n) is 5.04. The van der Waals surface area contributed by atoms with Gasteiger partial charge in [-0.25, -0.2) is 13.6 Å². The summed E-state index contributed by atoms with van der Waals surface area (Å²) in [7, 11) is -3.79. The van der Waals surface area contributed by atoms with Crippen LogP contribution in [0, 0.1) is 6.92 Å². The zero-order valence-electron chi connectivity index (χ0n) is 12.7. The maximum Gasteiger partial charge on any atom is 0.238 e. The molecule has 0 saturated carbocycles. The van der Waals surface area contributed by atoms with Crippen LogP contribution in [0.4, 0.5) is 5.69 Å². The molecule has 0 unspecified atom stereocenters. The van der Waals surface area contributed by atoms with E-state index >= 15 is 0 Å². The molecule has 0 heterocycles. The summed E-state index contributed by atoms with van der Waals surface area (Å²) < 4.78 is 28.0. The molecule has 0 atom stereocenters. The van der Waals surface area contributed by atoms with Gasteiger partial charge in [0.25, 0.3) is 0 Å². The van der Waals surface area contributed by atoms with E-state index in [1.54, 1.807) is 6.07 Å². The molecule has 0 aliphatic rings. The van der Waals surface area contributed by atoms with Crippen LogP contribution in [-0.2, 0) is 14.8 Å². The molecule has 0 bridgehead atoms. The molecule has 0 spiro atoms. The zero-order chi connectivity index (χ0) is 16.9. The van der Waals surface area contributed by atoms with E-state index in [4.69, 9.17) is 9.88 Å². The predicted molar refractivity (Wildman–Crippen MR) is 87.7 cm³/mol. The van der Waals surface area contributed by atoms with Crippen molar-refractivity contribution in [3.05, 3.63) is 54.1 Å². The number of carbonyl (C=O) groups is 1. The lowest BCUT2D eigenvalue weighted by Gasteiger charge is -2.08. The molecule has 0 aliphatic carbocycles. The van der Waals surface area contributed by atoms with Gasteiger partial charge < -0.3 is 10.1 Å². The smallest absolute Gasteiger partial charge is 0.238 e. The molecule has 2 aromatic carbocycles. The Kier molecular flexibility index (Phi) is 5.36. The number of primary sulfonamides is 1. The number of anilines is 1. The van der Waals surface area contributed by atoms with Gasteiger partial charge in [0.15, 0.2) is 0 Å². The van der Waals surface area contributed by atoms with Crippen molar-refractivity contribution in [3.8, 4) is 5.75 Å². The van der Waals surface area contributed by atoms with Crippen molar-refractivity contribution >= 4 is 21.6 Å². The minimum absolute atomic E-state index is 0.0497. The van der Waals surface area contributed by atoms with Crippen molar-refractivity contribution in [2.24, 2.45) is 5.14 Å². The quantitative estimate of drug-likeness (QED) is 0.844. The van der Waals surface area contributed by atoms with Crippen LogP contribution in [0.25, 0.3) is 0 Å². The molecular formula is C16H18N2O4S. The Hall–Kier alpha value is -2.38. The minimum Gasteiger partial charge on any atom is -0.493 e. The van der Waals surface area contributed by atoms with Crippen LogP contribution in [0.5, 0.6) is 5.75 Å². The molecule has 122 valence electrons. The van der Waals surface area contributed by atoms with Crippen LogP contribution < -0.4 is 15.2 Å². The van der Waals surface area contributed by atoms with E-state index in [1.807, 2.05) is 31.2 Å². The number of nitrogens with one attached hydrogen (secondary N) is 1. The number of hydrogen-bond donors (Lipinski definition) is 2. The predicted octanol–water partition coefficient (Wildman–Crippen LogP) is 2.05. The summed E-state index contributed by atoms with van der Waals surface area (Å²) in [4.78, 5) is 11.8. The molecule has 1 amide bonds. The molecule has 6 nitrogen and oxygen atoms in total. The van der Waals surface area contributed by atoms with Crippen molar-refractivity contribution in [3.63, 3.8) is 0 Å². The summed E-state index contributed by atoms with van der Waals surface area (Å²) >= 11 is 0. The van der Waals surface area contributed by atoms with Crippen LogP contribution in [-0.4, -0.2) is 20.9 Å². The number of amides is 1. The van der Waals surface area contributed by atoms with Crippen LogP contribution in [0.1, 0.15) is 12.0 Å². The van der Waals surface area contributed by atoms with Gasteiger partial charge >= 0.3 is 0 Å². The summed E-state index contributed by atoms with van der Waals surface area (Å²) in [5.74, 6) is 0.429. The molecule has 3 N–H and O–H groups in total. The van der Waals surface area contributed by atoms with E-state index in [2.05, 4.69) is 5.32 Å². The highest BCUT2D eigenvalue weighted by molar-refractivity contribution is 7.89. The van der Waals surface area contributed by atoms with E-state index in [-0.39, 0.29) is 23.8 Å². The SMILES string of the molecule is Cc1cccc(OCCC(=O)Nc2cccc(S(N)(=O)=O)c2)c1. The van der Waals surface area contributed by atoms with Crippen molar-refractivity contribution < 1.29 is 17.9 Å². The van der Waals surface area contributed by atoms with Crippen LogP contribution >= 0.6 is 0 Å².